The van der Waals surface area contributed by atoms with Crippen LogP contribution in [0, 0.1) is 0 Å². The lowest BCUT2D eigenvalue weighted by Gasteiger charge is -2.35. The summed E-state index contributed by atoms with van der Waals surface area (Å²) < 4.78 is 30.3. The third-order valence-corrected chi connectivity index (χ3v) is 5.85. The lowest BCUT2D eigenvalue weighted by atomic mass is 9.87. The fourth-order valence-electron chi connectivity index (χ4n) is 3.10. The molecule has 1 heterocycles. The first kappa shape index (κ1) is 24.8. The second kappa shape index (κ2) is 10.0. The normalized spacial score (nSPS) is 18.7. The van der Waals surface area contributed by atoms with E-state index in [4.69, 9.17) is 9.84 Å². The molecule has 1 aromatic carbocycles. The molecule has 2 rings (SSSR count). The number of carbonyl (C=O) groups is 1. The Morgan fingerprint density at radius 3 is 2.39 bits per heavy atom. The van der Waals surface area contributed by atoms with Gasteiger partial charge in [0.15, 0.2) is 0 Å². The van der Waals surface area contributed by atoms with E-state index in [2.05, 4.69) is 49.9 Å². The SMILES string of the molecule is CC(C)(C)c1ccc(CN2CCOC(CN(CC(=O)O)S(C)(=O)=O)C2)cc1.Cl. The lowest BCUT2D eigenvalue weighted by Crippen LogP contribution is -2.49. The number of aliphatic carboxylic acids is 1. The van der Waals surface area contributed by atoms with Crippen molar-refractivity contribution in [1.29, 1.82) is 0 Å². The number of morpholine rings is 1. The molecule has 1 aliphatic rings. The zero-order valence-electron chi connectivity index (χ0n) is 16.9. The van der Waals surface area contributed by atoms with E-state index in [0.29, 0.717) is 13.2 Å². The molecular formula is C19H31ClN2O5S. The van der Waals surface area contributed by atoms with Crippen LogP contribution in [0.3, 0.4) is 0 Å². The summed E-state index contributed by atoms with van der Waals surface area (Å²) in [6.45, 7) is 8.61. The van der Waals surface area contributed by atoms with Crippen molar-refractivity contribution in [3.8, 4) is 0 Å². The molecule has 1 fully saturated rings. The maximum Gasteiger partial charge on any atom is 0.318 e. The molecule has 1 atom stereocenters. The van der Waals surface area contributed by atoms with E-state index >= 15 is 0 Å². The topological polar surface area (TPSA) is 87.2 Å². The van der Waals surface area contributed by atoms with Gasteiger partial charge in [-0.3, -0.25) is 9.69 Å². The summed E-state index contributed by atoms with van der Waals surface area (Å²) in [5.41, 5.74) is 2.58. The van der Waals surface area contributed by atoms with Gasteiger partial charge in [-0.1, -0.05) is 45.0 Å². The molecule has 28 heavy (non-hydrogen) atoms. The minimum atomic E-state index is -3.60. The number of carboxylic acid groups (broad SMARTS) is 1. The van der Waals surface area contributed by atoms with Crippen LogP contribution >= 0.6 is 12.4 Å². The first-order valence-corrected chi connectivity index (χ1v) is 10.9. The number of nitrogens with zero attached hydrogens (tertiary/aromatic N) is 2. The van der Waals surface area contributed by atoms with E-state index in [1.165, 1.54) is 11.1 Å². The van der Waals surface area contributed by atoms with Gasteiger partial charge in [0.1, 0.15) is 6.54 Å². The van der Waals surface area contributed by atoms with Gasteiger partial charge < -0.3 is 9.84 Å². The van der Waals surface area contributed by atoms with Crippen LogP contribution in [0.5, 0.6) is 0 Å². The van der Waals surface area contributed by atoms with Gasteiger partial charge in [-0.2, -0.15) is 4.31 Å². The van der Waals surface area contributed by atoms with Crippen molar-refractivity contribution < 1.29 is 23.1 Å². The van der Waals surface area contributed by atoms with Gasteiger partial charge in [0.2, 0.25) is 10.0 Å². The average molecular weight is 435 g/mol. The summed E-state index contributed by atoms with van der Waals surface area (Å²) in [4.78, 5) is 13.2. The second-order valence-corrected chi connectivity index (χ2v) is 10.1. The molecule has 0 saturated carbocycles. The van der Waals surface area contributed by atoms with Gasteiger partial charge in [0, 0.05) is 26.2 Å². The minimum absolute atomic E-state index is 0. The Hall–Kier alpha value is -1.19. The number of rotatable bonds is 7. The highest BCUT2D eigenvalue weighted by Crippen LogP contribution is 2.23. The molecule has 9 heteroatoms. The second-order valence-electron chi connectivity index (χ2n) is 8.12. The number of hydrogen-bond acceptors (Lipinski definition) is 5. The zero-order chi connectivity index (χ0) is 20.2. The Bertz CT molecular complexity index is 747. The molecule has 1 N–H and O–H groups in total. The van der Waals surface area contributed by atoms with Crippen LogP contribution in [0.1, 0.15) is 31.9 Å². The van der Waals surface area contributed by atoms with Gasteiger partial charge in [0.05, 0.1) is 19.0 Å². The molecular weight excluding hydrogens is 404 g/mol. The molecule has 0 radical (unpaired) electrons. The number of halogens is 1. The van der Waals surface area contributed by atoms with E-state index in [1.54, 1.807) is 0 Å². The molecule has 7 nitrogen and oxygen atoms in total. The van der Waals surface area contributed by atoms with Crippen molar-refractivity contribution in [2.75, 3.05) is 39.0 Å². The Labute approximate surface area is 174 Å². The van der Waals surface area contributed by atoms with Crippen molar-refractivity contribution in [2.45, 2.75) is 38.8 Å². The van der Waals surface area contributed by atoms with Crippen LogP contribution in [0.2, 0.25) is 0 Å². The summed E-state index contributed by atoms with van der Waals surface area (Å²) in [5.74, 6) is -1.17. The fourth-order valence-corrected chi connectivity index (χ4v) is 3.88. The first-order chi connectivity index (χ1) is 12.4. The highest BCUT2D eigenvalue weighted by molar-refractivity contribution is 7.88. The van der Waals surface area contributed by atoms with E-state index in [1.807, 2.05) is 0 Å². The maximum atomic E-state index is 11.8. The van der Waals surface area contributed by atoms with E-state index < -0.39 is 22.5 Å². The van der Waals surface area contributed by atoms with Crippen molar-refractivity contribution in [2.24, 2.45) is 0 Å². The smallest absolute Gasteiger partial charge is 0.318 e. The largest absolute Gasteiger partial charge is 0.480 e. The van der Waals surface area contributed by atoms with Gasteiger partial charge in [0.25, 0.3) is 0 Å². The van der Waals surface area contributed by atoms with E-state index in [-0.39, 0.29) is 30.5 Å². The van der Waals surface area contributed by atoms with Crippen LogP contribution < -0.4 is 0 Å². The highest BCUT2D eigenvalue weighted by atomic mass is 35.5. The van der Waals surface area contributed by atoms with E-state index in [0.717, 1.165) is 23.7 Å². The van der Waals surface area contributed by atoms with Crippen LogP contribution in [-0.4, -0.2) is 73.8 Å². The molecule has 160 valence electrons. The molecule has 0 spiro atoms. The number of sulfonamides is 1. The lowest BCUT2D eigenvalue weighted by molar-refractivity contribution is -0.137. The Morgan fingerprint density at radius 1 is 1.29 bits per heavy atom. The number of ether oxygens (including phenoxy) is 1. The van der Waals surface area contributed by atoms with Gasteiger partial charge in [-0.05, 0) is 16.5 Å². The monoisotopic (exact) mass is 434 g/mol. The molecule has 1 saturated heterocycles. The van der Waals surface area contributed by atoms with Crippen LogP contribution in [0.4, 0.5) is 0 Å². The first-order valence-electron chi connectivity index (χ1n) is 9.05. The third-order valence-electron chi connectivity index (χ3n) is 4.64. The predicted molar refractivity (Wildman–Crippen MR) is 111 cm³/mol. The van der Waals surface area contributed by atoms with Crippen LogP contribution in [0.15, 0.2) is 24.3 Å². The summed E-state index contributed by atoms with van der Waals surface area (Å²) >= 11 is 0. The number of carboxylic acids is 1. The van der Waals surface area contributed by atoms with Crippen molar-refractivity contribution >= 4 is 28.4 Å². The summed E-state index contributed by atoms with van der Waals surface area (Å²) in [7, 11) is -3.60. The molecule has 1 unspecified atom stereocenters. The molecule has 1 aliphatic heterocycles. The van der Waals surface area contributed by atoms with Gasteiger partial charge in [-0.25, -0.2) is 8.42 Å². The third kappa shape index (κ3) is 7.67. The number of hydrogen-bond donors (Lipinski definition) is 1. The Kier molecular flexibility index (Phi) is 8.90. The molecule has 0 bridgehead atoms. The summed E-state index contributed by atoms with van der Waals surface area (Å²) in [6, 6.07) is 8.54. The van der Waals surface area contributed by atoms with Gasteiger partial charge in [-0.15, -0.1) is 12.4 Å². The quantitative estimate of drug-likeness (QED) is 0.705. The standard InChI is InChI=1S/C19H30N2O5S.ClH/c1-19(2,3)16-7-5-15(6-8-16)11-20-9-10-26-17(12-20)13-21(14-18(22)23)27(4,24)25;/h5-8,17H,9-14H2,1-4H3,(H,22,23);1H. The van der Waals surface area contributed by atoms with E-state index in [9.17, 15) is 13.2 Å². The Balaban J connectivity index is 0.00000392. The fraction of sp³-hybridized carbons (Fsp3) is 0.632. The highest BCUT2D eigenvalue weighted by Gasteiger charge is 2.28. The van der Waals surface area contributed by atoms with Gasteiger partial charge >= 0.3 is 5.97 Å². The average Bonchev–Trinajstić information content (AvgIpc) is 2.53. The summed E-state index contributed by atoms with van der Waals surface area (Å²) in [6.07, 6.45) is 0.675. The van der Waals surface area contributed by atoms with Crippen molar-refractivity contribution in [3.05, 3.63) is 35.4 Å². The molecule has 0 aromatic heterocycles. The summed E-state index contributed by atoms with van der Waals surface area (Å²) in [5, 5.41) is 8.95. The molecule has 1 aromatic rings. The minimum Gasteiger partial charge on any atom is -0.480 e. The van der Waals surface area contributed by atoms with Crippen LogP contribution in [-0.2, 0) is 31.5 Å². The van der Waals surface area contributed by atoms with Crippen molar-refractivity contribution in [1.82, 2.24) is 9.21 Å². The Morgan fingerprint density at radius 2 is 1.89 bits per heavy atom. The molecule has 0 aliphatic carbocycles. The number of benzene rings is 1. The van der Waals surface area contributed by atoms with Crippen molar-refractivity contribution in [3.63, 3.8) is 0 Å². The maximum absolute atomic E-state index is 11.8. The van der Waals surface area contributed by atoms with Crippen LogP contribution in [0.25, 0.3) is 0 Å². The zero-order valence-corrected chi connectivity index (χ0v) is 18.6. The predicted octanol–water partition coefficient (Wildman–Crippen LogP) is 1.95. The molecule has 0 amide bonds.